The molecule has 0 aliphatic carbocycles. The van der Waals surface area contributed by atoms with Crippen LogP contribution in [0.5, 0.6) is 11.5 Å². The molecule has 0 spiro atoms. The van der Waals surface area contributed by atoms with E-state index in [2.05, 4.69) is 0 Å². The van der Waals surface area contributed by atoms with Crippen LogP contribution in [-0.2, 0) is 10.8 Å². The molecule has 1 unspecified atom stereocenters. The third-order valence-corrected chi connectivity index (χ3v) is 8.10. The Kier molecular flexibility index (Phi) is 11.5. The van der Waals surface area contributed by atoms with Gasteiger partial charge in [-0.15, -0.1) is 0 Å². The summed E-state index contributed by atoms with van der Waals surface area (Å²) in [7, 11) is -1.91. The van der Waals surface area contributed by atoms with Gasteiger partial charge in [0.05, 0.1) is 22.3 Å². The van der Waals surface area contributed by atoms with E-state index >= 15 is 0 Å². The Morgan fingerprint density at radius 3 is 2.15 bits per heavy atom. The van der Waals surface area contributed by atoms with Gasteiger partial charge in [-0.25, -0.2) is 0 Å². The Morgan fingerprint density at radius 1 is 0.829 bits per heavy atom. The molecular formula is C32H35F5O3S. The van der Waals surface area contributed by atoms with Gasteiger partial charge < -0.3 is 9.84 Å². The standard InChI is InChI=1S/C32H35F5O3S/c1-3-5-9-19-40-28-17-16-25(22-29(28)41(39)20-11-18-31(33,34)32(35,36)37)30(24-14-10-15-26(38)21-24)27(4-2)23-12-7-6-8-13-23/h6-8,10,12-17,21-22,38H,3-5,9,11,18-20H2,1-2H3. The molecule has 0 aliphatic heterocycles. The monoisotopic (exact) mass is 594 g/mol. The summed E-state index contributed by atoms with van der Waals surface area (Å²) < 4.78 is 84.3. The molecule has 0 saturated heterocycles. The highest BCUT2D eigenvalue weighted by molar-refractivity contribution is 7.85. The van der Waals surface area contributed by atoms with Crippen LogP contribution in [0.4, 0.5) is 22.0 Å². The topological polar surface area (TPSA) is 46.5 Å². The van der Waals surface area contributed by atoms with E-state index in [4.69, 9.17) is 4.74 Å². The molecule has 3 aromatic rings. The van der Waals surface area contributed by atoms with Crippen LogP contribution in [0.15, 0.2) is 77.7 Å². The van der Waals surface area contributed by atoms with E-state index in [1.807, 2.05) is 56.3 Å². The predicted molar refractivity (Wildman–Crippen MR) is 154 cm³/mol. The zero-order valence-corrected chi connectivity index (χ0v) is 24.0. The van der Waals surface area contributed by atoms with Gasteiger partial charge >= 0.3 is 12.1 Å². The van der Waals surface area contributed by atoms with Gasteiger partial charge in [-0.05, 0) is 71.4 Å². The predicted octanol–water partition coefficient (Wildman–Crippen LogP) is 9.42. The first kappa shape index (κ1) is 32.3. The van der Waals surface area contributed by atoms with Crippen molar-refractivity contribution in [3.8, 4) is 11.5 Å². The maximum Gasteiger partial charge on any atom is 0.453 e. The van der Waals surface area contributed by atoms with Crippen LogP contribution in [0.25, 0.3) is 11.1 Å². The number of hydrogen-bond donors (Lipinski definition) is 1. The van der Waals surface area contributed by atoms with Gasteiger partial charge in [-0.3, -0.25) is 4.21 Å². The van der Waals surface area contributed by atoms with Crippen molar-refractivity contribution in [3.63, 3.8) is 0 Å². The van der Waals surface area contributed by atoms with Crippen LogP contribution in [0.1, 0.15) is 69.1 Å². The molecule has 222 valence electrons. The summed E-state index contributed by atoms with van der Waals surface area (Å²) in [6.45, 7) is 4.39. The first-order valence-corrected chi connectivity index (χ1v) is 15.0. The molecule has 1 N–H and O–H groups in total. The quantitative estimate of drug-likeness (QED) is 0.115. The first-order valence-electron chi connectivity index (χ1n) is 13.7. The molecule has 3 aromatic carbocycles. The van der Waals surface area contributed by atoms with Gasteiger partial charge in [0, 0.05) is 12.2 Å². The van der Waals surface area contributed by atoms with Crippen LogP contribution in [0.3, 0.4) is 0 Å². The van der Waals surface area contributed by atoms with Crippen LogP contribution in [-0.4, -0.2) is 33.8 Å². The lowest BCUT2D eigenvalue weighted by molar-refractivity contribution is -0.284. The number of rotatable bonds is 14. The first-order chi connectivity index (χ1) is 19.5. The minimum absolute atomic E-state index is 0.0637. The number of aromatic hydroxyl groups is 1. The van der Waals surface area contributed by atoms with Gasteiger partial charge in [-0.2, -0.15) is 22.0 Å². The van der Waals surface area contributed by atoms with E-state index in [0.717, 1.165) is 36.0 Å². The largest absolute Gasteiger partial charge is 0.508 e. The van der Waals surface area contributed by atoms with E-state index in [1.54, 1.807) is 30.3 Å². The highest BCUT2D eigenvalue weighted by Gasteiger charge is 2.56. The highest BCUT2D eigenvalue weighted by atomic mass is 32.2. The molecule has 41 heavy (non-hydrogen) atoms. The van der Waals surface area contributed by atoms with Gasteiger partial charge in [-0.1, -0.05) is 75.2 Å². The molecule has 1 atom stereocenters. The van der Waals surface area contributed by atoms with Crippen molar-refractivity contribution in [1.82, 2.24) is 0 Å². The molecule has 0 heterocycles. The molecule has 0 aromatic heterocycles. The van der Waals surface area contributed by atoms with Gasteiger partial charge in [0.1, 0.15) is 11.5 Å². The second-order valence-electron chi connectivity index (χ2n) is 9.70. The summed E-state index contributed by atoms with van der Waals surface area (Å²) in [5.41, 5.74) is 4.04. The van der Waals surface area contributed by atoms with E-state index in [1.165, 1.54) is 0 Å². The van der Waals surface area contributed by atoms with E-state index in [9.17, 15) is 31.3 Å². The number of unbranched alkanes of at least 4 members (excludes halogenated alkanes) is 2. The SMILES string of the molecule is CCCCCOc1ccc(C(=C(CC)c2ccccc2)c2cccc(O)c2)cc1S(=O)CCCC(F)(F)C(F)(F)F. The third kappa shape index (κ3) is 8.64. The maximum atomic E-state index is 13.5. The van der Waals surface area contributed by atoms with Crippen molar-refractivity contribution < 1.29 is 36.0 Å². The van der Waals surface area contributed by atoms with Gasteiger partial charge in [0.25, 0.3) is 0 Å². The Bertz CT molecular complexity index is 1340. The fourth-order valence-corrected chi connectivity index (χ4v) is 5.75. The molecule has 0 amide bonds. The number of phenols is 1. The summed E-state index contributed by atoms with van der Waals surface area (Å²) in [6, 6.07) is 21.5. The maximum absolute atomic E-state index is 13.5. The van der Waals surface area contributed by atoms with Crippen molar-refractivity contribution in [1.29, 1.82) is 0 Å². The zero-order chi connectivity index (χ0) is 30.0. The van der Waals surface area contributed by atoms with Gasteiger partial charge in [0.15, 0.2) is 0 Å². The number of benzene rings is 3. The number of phenolic OH excluding ortho intramolecular Hbond substituents is 1. The van der Waals surface area contributed by atoms with Crippen molar-refractivity contribution in [2.45, 2.75) is 69.4 Å². The molecule has 3 rings (SSSR count). The minimum Gasteiger partial charge on any atom is -0.508 e. The van der Waals surface area contributed by atoms with E-state index in [-0.39, 0.29) is 16.4 Å². The second-order valence-corrected chi connectivity index (χ2v) is 11.2. The summed E-state index contributed by atoms with van der Waals surface area (Å²) in [5.74, 6) is -4.87. The number of allylic oxidation sites excluding steroid dienone is 1. The number of ether oxygens (including phenoxy) is 1. The Hall–Kier alpha value is -3.20. The fourth-order valence-electron chi connectivity index (χ4n) is 4.51. The molecular weight excluding hydrogens is 559 g/mol. The molecule has 0 saturated carbocycles. The average molecular weight is 595 g/mol. The number of hydrogen-bond acceptors (Lipinski definition) is 3. The van der Waals surface area contributed by atoms with Crippen molar-refractivity contribution in [3.05, 3.63) is 89.5 Å². The summed E-state index contributed by atoms with van der Waals surface area (Å²) in [4.78, 5) is 0.232. The molecule has 3 nitrogen and oxygen atoms in total. The highest BCUT2D eigenvalue weighted by Crippen LogP contribution is 2.40. The van der Waals surface area contributed by atoms with Crippen LogP contribution >= 0.6 is 0 Å². The summed E-state index contributed by atoms with van der Waals surface area (Å²) in [6.07, 6.45) is -4.43. The lowest BCUT2D eigenvalue weighted by atomic mass is 9.88. The van der Waals surface area contributed by atoms with Crippen molar-refractivity contribution in [2.75, 3.05) is 12.4 Å². The van der Waals surface area contributed by atoms with Crippen molar-refractivity contribution >= 4 is 21.9 Å². The van der Waals surface area contributed by atoms with E-state index < -0.39 is 35.7 Å². The van der Waals surface area contributed by atoms with Crippen LogP contribution in [0.2, 0.25) is 0 Å². The second kappa shape index (κ2) is 14.6. The summed E-state index contributed by atoms with van der Waals surface area (Å²) >= 11 is 0. The fraction of sp³-hybridized carbons (Fsp3) is 0.375. The zero-order valence-electron chi connectivity index (χ0n) is 23.1. The van der Waals surface area contributed by atoms with E-state index in [0.29, 0.717) is 29.9 Å². The normalized spacial score (nSPS) is 13.5. The average Bonchev–Trinajstić information content (AvgIpc) is 2.94. The third-order valence-electron chi connectivity index (χ3n) is 6.63. The minimum atomic E-state index is -5.66. The van der Waals surface area contributed by atoms with Crippen molar-refractivity contribution in [2.24, 2.45) is 0 Å². The lowest BCUT2D eigenvalue weighted by Crippen LogP contribution is -2.36. The van der Waals surface area contributed by atoms with Gasteiger partial charge in [0.2, 0.25) is 0 Å². The Morgan fingerprint density at radius 2 is 1.51 bits per heavy atom. The Balaban J connectivity index is 2.09. The molecule has 0 radical (unpaired) electrons. The molecule has 0 bridgehead atoms. The lowest BCUT2D eigenvalue weighted by Gasteiger charge is -2.20. The molecule has 0 fully saturated rings. The Labute approximate surface area is 240 Å². The van der Waals surface area contributed by atoms with Crippen LogP contribution in [0, 0.1) is 0 Å². The summed E-state index contributed by atoms with van der Waals surface area (Å²) in [5, 5.41) is 10.2. The number of halogens is 5. The van der Waals surface area contributed by atoms with Crippen LogP contribution < -0.4 is 4.74 Å². The molecule has 9 heteroatoms. The number of alkyl halides is 5. The smallest absolute Gasteiger partial charge is 0.453 e. The molecule has 0 aliphatic rings.